The van der Waals surface area contributed by atoms with Crippen molar-refractivity contribution in [1.29, 1.82) is 0 Å². The summed E-state index contributed by atoms with van der Waals surface area (Å²) >= 11 is 8.70. The smallest absolute Gasteiger partial charge is 0.127 e. The normalized spacial score (nSPS) is 12.8. The lowest BCUT2D eigenvalue weighted by atomic mass is 10.0. The van der Waals surface area contributed by atoms with E-state index in [0.717, 1.165) is 10.0 Å². The van der Waals surface area contributed by atoms with Crippen molar-refractivity contribution < 1.29 is 4.39 Å². The van der Waals surface area contributed by atoms with Gasteiger partial charge in [-0.1, -0.05) is 31.9 Å². The van der Waals surface area contributed by atoms with Crippen LogP contribution in [0.3, 0.4) is 0 Å². The zero-order valence-corrected chi connectivity index (χ0v) is 13.4. The molecule has 17 heavy (non-hydrogen) atoms. The van der Waals surface area contributed by atoms with Crippen LogP contribution in [0.1, 0.15) is 25.7 Å². The van der Waals surface area contributed by atoms with Gasteiger partial charge in [0, 0.05) is 19.8 Å². The first kappa shape index (κ1) is 13.2. The monoisotopic (exact) mass is 376 g/mol. The zero-order chi connectivity index (χ0) is 12.6. The lowest BCUT2D eigenvalue weighted by Crippen LogP contribution is -1.96. The molecule has 1 unspecified atom stereocenters. The maximum atomic E-state index is 13.8. The van der Waals surface area contributed by atoms with E-state index < -0.39 is 0 Å². The highest BCUT2D eigenvalue weighted by atomic mass is 79.9. The minimum absolute atomic E-state index is 0.0926. The fourth-order valence-corrected chi connectivity index (χ4v) is 4.10. The Hall–Kier alpha value is -0.190. The van der Waals surface area contributed by atoms with Crippen molar-refractivity contribution in [2.45, 2.75) is 18.7 Å². The second kappa shape index (κ2) is 5.21. The molecule has 2 rings (SSSR count). The molecule has 1 atom stereocenters. The van der Waals surface area contributed by atoms with Gasteiger partial charge in [0.15, 0.2) is 0 Å². The van der Waals surface area contributed by atoms with Gasteiger partial charge in [-0.05, 0) is 43.7 Å². The van der Waals surface area contributed by atoms with Crippen LogP contribution in [0.5, 0.6) is 0 Å². The van der Waals surface area contributed by atoms with E-state index in [1.54, 1.807) is 17.4 Å². The Balaban J connectivity index is 2.46. The average Bonchev–Trinajstić information content (AvgIpc) is 2.60. The average molecular weight is 378 g/mol. The van der Waals surface area contributed by atoms with Crippen LogP contribution in [-0.4, -0.2) is 0 Å². The van der Waals surface area contributed by atoms with E-state index in [-0.39, 0.29) is 10.6 Å². The number of benzene rings is 1. The molecule has 0 saturated heterocycles. The summed E-state index contributed by atoms with van der Waals surface area (Å²) in [5.41, 5.74) is 1.81. The topological polar surface area (TPSA) is 0 Å². The highest BCUT2D eigenvalue weighted by Crippen LogP contribution is 2.38. The Morgan fingerprint density at radius 3 is 2.47 bits per heavy atom. The molecule has 0 bridgehead atoms. The van der Waals surface area contributed by atoms with E-state index in [1.165, 1.54) is 15.8 Å². The van der Waals surface area contributed by atoms with Crippen LogP contribution >= 0.6 is 43.2 Å². The molecule has 1 heterocycles. The molecule has 0 amide bonds. The number of rotatable bonds is 2. The van der Waals surface area contributed by atoms with E-state index in [0.29, 0.717) is 5.56 Å². The van der Waals surface area contributed by atoms with Gasteiger partial charge in [0.1, 0.15) is 5.82 Å². The van der Waals surface area contributed by atoms with Gasteiger partial charge in [-0.15, -0.1) is 11.3 Å². The fourth-order valence-electron chi connectivity index (χ4n) is 1.78. The van der Waals surface area contributed by atoms with Crippen LogP contribution in [0.2, 0.25) is 0 Å². The first-order valence-corrected chi connectivity index (χ1v) is 7.67. The molecule has 0 spiro atoms. The molecule has 4 heteroatoms. The minimum atomic E-state index is -0.182. The van der Waals surface area contributed by atoms with E-state index >= 15 is 0 Å². The second-order valence-corrected chi connectivity index (χ2v) is 7.19. The largest absolute Gasteiger partial charge is 0.207 e. The van der Waals surface area contributed by atoms with Crippen LogP contribution in [0, 0.1) is 19.7 Å². The summed E-state index contributed by atoms with van der Waals surface area (Å²) in [6.45, 7) is 4.13. The van der Waals surface area contributed by atoms with E-state index in [1.807, 2.05) is 6.07 Å². The number of halogens is 3. The van der Waals surface area contributed by atoms with Crippen molar-refractivity contribution in [2.75, 3.05) is 0 Å². The fraction of sp³-hybridized carbons (Fsp3) is 0.231. The van der Waals surface area contributed by atoms with Crippen molar-refractivity contribution in [3.05, 3.63) is 55.4 Å². The lowest BCUT2D eigenvalue weighted by Gasteiger charge is -2.11. The maximum absolute atomic E-state index is 13.8. The molecule has 0 aliphatic heterocycles. The predicted octanol–water partition coefficient (Wildman–Crippen LogP) is 5.75. The Kier molecular flexibility index (Phi) is 4.06. The third kappa shape index (κ3) is 2.80. The Bertz CT molecular complexity index is 548. The summed E-state index contributed by atoms with van der Waals surface area (Å²) < 4.78 is 14.7. The third-order valence-corrected chi connectivity index (χ3v) is 5.04. The lowest BCUT2D eigenvalue weighted by molar-refractivity contribution is 0.613. The van der Waals surface area contributed by atoms with E-state index in [4.69, 9.17) is 0 Å². The first-order valence-electron chi connectivity index (χ1n) is 5.15. The molecule has 0 aliphatic carbocycles. The van der Waals surface area contributed by atoms with Gasteiger partial charge in [-0.25, -0.2) is 4.39 Å². The quantitative estimate of drug-likeness (QED) is 0.584. The Morgan fingerprint density at radius 2 is 1.88 bits per heavy atom. The summed E-state index contributed by atoms with van der Waals surface area (Å²) in [5.74, 6) is -0.182. The van der Waals surface area contributed by atoms with Crippen LogP contribution in [0.4, 0.5) is 4.39 Å². The van der Waals surface area contributed by atoms with Crippen molar-refractivity contribution in [3.8, 4) is 0 Å². The van der Waals surface area contributed by atoms with Crippen LogP contribution in [-0.2, 0) is 0 Å². The molecule has 0 N–H and O–H groups in total. The van der Waals surface area contributed by atoms with Gasteiger partial charge in [-0.2, -0.15) is 0 Å². The molecule has 0 radical (unpaired) electrons. The molecule has 90 valence electrons. The van der Waals surface area contributed by atoms with Gasteiger partial charge in [0.2, 0.25) is 0 Å². The van der Waals surface area contributed by atoms with Crippen molar-refractivity contribution in [2.24, 2.45) is 0 Å². The van der Waals surface area contributed by atoms with Crippen LogP contribution in [0.15, 0.2) is 28.7 Å². The molecular formula is C13H11Br2FS. The summed E-state index contributed by atoms with van der Waals surface area (Å²) in [6, 6.07) is 7.13. The number of aryl methyl sites for hydroxylation is 2. The molecule has 1 aromatic heterocycles. The molecule has 0 nitrogen and oxygen atoms in total. The van der Waals surface area contributed by atoms with Gasteiger partial charge in [0.25, 0.3) is 0 Å². The van der Waals surface area contributed by atoms with Crippen molar-refractivity contribution in [3.63, 3.8) is 0 Å². The predicted molar refractivity (Wildman–Crippen MR) is 78.7 cm³/mol. The van der Waals surface area contributed by atoms with E-state index in [2.05, 4.69) is 51.8 Å². The molecule has 1 aromatic carbocycles. The van der Waals surface area contributed by atoms with Crippen LogP contribution in [0.25, 0.3) is 0 Å². The number of thiophene rings is 1. The third-order valence-electron chi connectivity index (χ3n) is 2.58. The number of hydrogen-bond donors (Lipinski definition) is 0. The highest BCUT2D eigenvalue weighted by Gasteiger charge is 2.18. The van der Waals surface area contributed by atoms with Gasteiger partial charge >= 0.3 is 0 Å². The maximum Gasteiger partial charge on any atom is 0.127 e. The molecule has 0 aliphatic rings. The molecule has 2 aromatic rings. The van der Waals surface area contributed by atoms with E-state index in [9.17, 15) is 4.39 Å². The minimum Gasteiger partial charge on any atom is -0.207 e. The first-order chi connectivity index (χ1) is 7.99. The zero-order valence-electron chi connectivity index (χ0n) is 9.43. The van der Waals surface area contributed by atoms with Crippen molar-refractivity contribution in [1.82, 2.24) is 0 Å². The SMILES string of the molecule is Cc1cc(C(Br)c2cc(Br)ccc2F)c(C)s1. The molecular weight excluding hydrogens is 367 g/mol. The molecule has 0 fully saturated rings. The Morgan fingerprint density at radius 1 is 1.18 bits per heavy atom. The summed E-state index contributed by atoms with van der Waals surface area (Å²) in [5, 5.41) is 0. The number of hydrogen-bond acceptors (Lipinski definition) is 1. The van der Waals surface area contributed by atoms with Gasteiger partial charge in [0.05, 0.1) is 4.83 Å². The standard InChI is InChI=1S/C13H11Br2FS/c1-7-5-10(8(2)17-7)13(15)11-6-9(14)3-4-12(11)16/h3-6,13H,1-2H3. The number of alkyl halides is 1. The summed E-state index contributed by atoms with van der Waals surface area (Å²) in [6.07, 6.45) is 0. The van der Waals surface area contributed by atoms with Crippen LogP contribution < -0.4 is 0 Å². The highest BCUT2D eigenvalue weighted by molar-refractivity contribution is 9.10. The van der Waals surface area contributed by atoms with Gasteiger partial charge in [-0.3, -0.25) is 0 Å². The second-order valence-electron chi connectivity index (χ2n) is 3.90. The molecule has 0 saturated carbocycles. The summed E-state index contributed by atoms with van der Waals surface area (Å²) in [4.78, 5) is 2.38. The van der Waals surface area contributed by atoms with Crippen molar-refractivity contribution >= 4 is 43.2 Å². The Labute approximate surface area is 121 Å². The van der Waals surface area contributed by atoms with Gasteiger partial charge < -0.3 is 0 Å². The summed E-state index contributed by atoms with van der Waals surface area (Å²) in [7, 11) is 0.